The summed E-state index contributed by atoms with van der Waals surface area (Å²) in [5.41, 5.74) is -0.130. The summed E-state index contributed by atoms with van der Waals surface area (Å²) in [6, 6.07) is 0.789. The first-order chi connectivity index (χ1) is 9.18. The van der Waals surface area contributed by atoms with Crippen LogP contribution in [0.25, 0.3) is 0 Å². The van der Waals surface area contributed by atoms with Gasteiger partial charge in [-0.1, -0.05) is 19.8 Å². The number of rotatable bonds is 6. The maximum Gasteiger partial charge on any atom is 0.0623 e. The third kappa shape index (κ3) is 3.93. The van der Waals surface area contributed by atoms with Crippen LogP contribution in [0.1, 0.15) is 58.8 Å². The van der Waals surface area contributed by atoms with Gasteiger partial charge in [0.05, 0.1) is 12.1 Å². The number of nitrogens with one attached hydrogen (secondary N) is 1. The van der Waals surface area contributed by atoms with Crippen molar-refractivity contribution >= 4 is 0 Å². The summed E-state index contributed by atoms with van der Waals surface area (Å²) in [7, 11) is 0. The van der Waals surface area contributed by atoms with Gasteiger partial charge in [-0.25, -0.2) is 0 Å². The summed E-state index contributed by atoms with van der Waals surface area (Å²) in [6.07, 6.45) is 9.53. The summed E-state index contributed by atoms with van der Waals surface area (Å²) < 4.78 is 0. The second kappa shape index (κ2) is 7.05. The number of likely N-dealkylation sites (tertiary alicyclic amines) is 1. The highest BCUT2D eigenvalue weighted by Crippen LogP contribution is 2.35. The number of hydrogen-bond donors (Lipinski definition) is 2. The average Bonchev–Trinajstić information content (AvgIpc) is 2.46. The van der Waals surface area contributed by atoms with Crippen molar-refractivity contribution in [3.63, 3.8) is 0 Å². The SMILES string of the molecule is CCCNC(C)(CO)CN1CCC[C@H]2CCCC[C@H]21. The Morgan fingerprint density at radius 2 is 1.95 bits per heavy atom. The van der Waals surface area contributed by atoms with E-state index in [9.17, 15) is 5.11 Å². The van der Waals surface area contributed by atoms with E-state index < -0.39 is 0 Å². The van der Waals surface area contributed by atoms with Crippen LogP contribution in [0.5, 0.6) is 0 Å². The number of fused-ring (bicyclic) bond motifs is 1. The van der Waals surface area contributed by atoms with Gasteiger partial charge in [0.15, 0.2) is 0 Å². The standard InChI is InChI=1S/C16H32N2O/c1-3-10-17-16(2,13-19)12-18-11-6-8-14-7-4-5-9-15(14)18/h14-15,17,19H,3-13H2,1-2H3/t14-,15-,16?/m1/s1. The highest BCUT2D eigenvalue weighted by Gasteiger charge is 2.36. The summed E-state index contributed by atoms with van der Waals surface area (Å²) in [5, 5.41) is 13.3. The van der Waals surface area contributed by atoms with E-state index in [0.29, 0.717) is 0 Å². The second-order valence-corrected chi connectivity index (χ2v) is 6.87. The molecule has 0 aromatic heterocycles. The normalized spacial score (nSPS) is 31.7. The van der Waals surface area contributed by atoms with Gasteiger partial charge in [-0.2, -0.15) is 0 Å². The summed E-state index contributed by atoms with van der Waals surface area (Å²) >= 11 is 0. The van der Waals surface area contributed by atoms with E-state index in [1.165, 1.54) is 45.1 Å². The lowest BCUT2D eigenvalue weighted by molar-refractivity contribution is 0.0253. The summed E-state index contributed by atoms with van der Waals surface area (Å²) in [6.45, 7) is 7.83. The van der Waals surface area contributed by atoms with Crippen LogP contribution < -0.4 is 5.32 Å². The van der Waals surface area contributed by atoms with Crippen molar-refractivity contribution < 1.29 is 5.11 Å². The van der Waals surface area contributed by atoms with Crippen LogP contribution in [0.15, 0.2) is 0 Å². The number of aliphatic hydroxyl groups is 1. The van der Waals surface area contributed by atoms with Crippen molar-refractivity contribution in [1.29, 1.82) is 0 Å². The lowest BCUT2D eigenvalue weighted by Gasteiger charge is -2.47. The molecule has 0 aromatic rings. The summed E-state index contributed by atoms with van der Waals surface area (Å²) in [4.78, 5) is 2.67. The molecule has 1 saturated heterocycles. The first kappa shape index (κ1) is 15.3. The van der Waals surface area contributed by atoms with E-state index in [2.05, 4.69) is 24.1 Å². The Kier molecular flexibility index (Phi) is 5.67. The Morgan fingerprint density at radius 3 is 2.68 bits per heavy atom. The Bertz CT molecular complexity index is 269. The van der Waals surface area contributed by atoms with Crippen LogP contribution in [0.3, 0.4) is 0 Å². The minimum absolute atomic E-state index is 0.130. The molecule has 2 rings (SSSR count). The molecule has 1 unspecified atom stereocenters. The van der Waals surface area contributed by atoms with E-state index in [0.717, 1.165) is 31.5 Å². The zero-order valence-corrected chi connectivity index (χ0v) is 12.8. The lowest BCUT2D eigenvalue weighted by Crippen LogP contribution is -2.58. The van der Waals surface area contributed by atoms with Crippen LogP contribution in [0.2, 0.25) is 0 Å². The largest absolute Gasteiger partial charge is 0.394 e. The number of nitrogens with zero attached hydrogens (tertiary/aromatic N) is 1. The molecule has 3 nitrogen and oxygen atoms in total. The van der Waals surface area contributed by atoms with Gasteiger partial charge in [-0.3, -0.25) is 4.90 Å². The van der Waals surface area contributed by atoms with E-state index in [4.69, 9.17) is 0 Å². The molecule has 2 aliphatic rings. The third-order valence-corrected chi connectivity index (χ3v) is 5.06. The maximum absolute atomic E-state index is 9.75. The van der Waals surface area contributed by atoms with Gasteiger partial charge in [-0.05, 0) is 58.0 Å². The molecule has 1 aliphatic carbocycles. The average molecular weight is 268 g/mol. The highest BCUT2D eigenvalue weighted by molar-refractivity contribution is 4.93. The molecule has 2 fully saturated rings. The minimum atomic E-state index is -0.130. The smallest absolute Gasteiger partial charge is 0.0623 e. The van der Waals surface area contributed by atoms with E-state index in [1.54, 1.807) is 0 Å². The van der Waals surface area contributed by atoms with Crippen molar-refractivity contribution in [2.24, 2.45) is 5.92 Å². The van der Waals surface area contributed by atoms with Gasteiger partial charge >= 0.3 is 0 Å². The topological polar surface area (TPSA) is 35.5 Å². The van der Waals surface area contributed by atoms with Gasteiger partial charge in [0, 0.05) is 12.6 Å². The van der Waals surface area contributed by atoms with Crippen molar-refractivity contribution in [1.82, 2.24) is 10.2 Å². The molecule has 112 valence electrons. The predicted octanol–water partition coefficient (Wildman–Crippen LogP) is 2.39. The van der Waals surface area contributed by atoms with Gasteiger partial charge in [-0.15, -0.1) is 0 Å². The molecule has 0 radical (unpaired) electrons. The first-order valence-corrected chi connectivity index (χ1v) is 8.28. The molecule has 1 aliphatic heterocycles. The number of piperidine rings is 1. The van der Waals surface area contributed by atoms with E-state index >= 15 is 0 Å². The molecule has 3 atom stereocenters. The van der Waals surface area contributed by atoms with Crippen molar-refractivity contribution in [2.45, 2.75) is 70.4 Å². The molecule has 0 aromatic carbocycles. The van der Waals surface area contributed by atoms with Gasteiger partial charge in [0.25, 0.3) is 0 Å². The molecule has 3 heteroatoms. The molecule has 19 heavy (non-hydrogen) atoms. The van der Waals surface area contributed by atoms with E-state index in [1.807, 2.05) is 0 Å². The van der Waals surface area contributed by atoms with Gasteiger partial charge in [0.2, 0.25) is 0 Å². The van der Waals surface area contributed by atoms with Crippen LogP contribution in [-0.4, -0.2) is 47.8 Å². The van der Waals surface area contributed by atoms with Crippen LogP contribution in [0, 0.1) is 5.92 Å². The predicted molar refractivity (Wildman–Crippen MR) is 80.3 cm³/mol. The fourth-order valence-electron chi connectivity index (χ4n) is 3.96. The summed E-state index contributed by atoms with van der Waals surface area (Å²) in [5.74, 6) is 0.927. The fraction of sp³-hybridized carbons (Fsp3) is 1.00. The van der Waals surface area contributed by atoms with Crippen molar-refractivity contribution in [3.8, 4) is 0 Å². The molecule has 0 bridgehead atoms. The zero-order valence-electron chi connectivity index (χ0n) is 12.8. The Morgan fingerprint density at radius 1 is 1.21 bits per heavy atom. The monoisotopic (exact) mass is 268 g/mol. The second-order valence-electron chi connectivity index (χ2n) is 6.87. The van der Waals surface area contributed by atoms with Gasteiger partial charge < -0.3 is 10.4 Å². The molecule has 0 amide bonds. The highest BCUT2D eigenvalue weighted by atomic mass is 16.3. The quantitative estimate of drug-likeness (QED) is 0.776. The first-order valence-electron chi connectivity index (χ1n) is 8.28. The van der Waals surface area contributed by atoms with Crippen LogP contribution in [0.4, 0.5) is 0 Å². The van der Waals surface area contributed by atoms with Crippen LogP contribution >= 0.6 is 0 Å². The van der Waals surface area contributed by atoms with Crippen molar-refractivity contribution in [3.05, 3.63) is 0 Å². The molecular weight excluding hydrogens is 236 g/mol. The molecule has 2 N–H and O–H groups in total. The number of aliphatic hydroxyl groups excluding tert-OH is 1. The Balaban J connectivity index is 1.95. The number of hydrogen-bond acceptors (Lipinski definition) is 3. The molecule has 0 spiro atoms. The maximum atomic E-state index is 9.75. The fourth-order valence-corrected chi connectivity index (χ4v) is 3.96. The van der Waals surface area contributed by atoms with E-state index in [-0.39, 0.29) is 12.1 Å². The molecular formula is C16H32N2O. The van der Waals surface area contributed by atoms with Crippen LogP contribution in [-0.2, 0) is 0 Å². The minimum Gasteiger partial charge on any atom is -0.394 e. The van der Waals surface area contributed by atoms with Crippen molar-refractivity contribution in [2.75, 3.05) is 26.2 Å². The Hall–Kier alpha value is -0.120. The molecule has 1 saturated carbocycles. The molecule has 1 heterocycles. The zero-order chi connectivity index (χ0) is 13.7. The van der Waals surface area contributed by atoms with Gasteiger partial charge in [0.1, 0.15) is 0 Å². The third-order valence-electron chi connectivity index (χ3n) is 5.06. The Labute approximate surface area is 118 Å². The lowest BCUT2D eigenvalue weighted by atomic mass is 9.78.